The summed E-state index contributed by atoms with van der Waals surface area (Å²) in [4.78, 5) is 25.3. The van der Waals surface area contributed by atoms with Crippen molar-refractivity contribution in [3.05, 3.63) is 82.3 Å². The van der Waals surface area contributed by atoms with E-state index in [9.17, 15) is 14.0 Å². The van der Waals surface area contributed by atoms with Crippen molar-refractivity contribution in [1.82, 2.24) is 5.32 Å². The SMILES string of the molecule is CCc1ccc(C2CC(=O)C3=C(C2)NC(=O)CC3c2ccccc2F)cc1. The van der Waals surface area contributed by atoms with Gasteiger partial charge in [0.25, 0.3) is 0 Å². The molecule has 0 aromatic heterocycles. The molecule has 0 saturated heterocycles. The molecule has 0 radical (unpaired) electrons. The minimum atomic E-state index is -0.495. The minimum Gasteiger partial charge on any atom is -0.329 e. The van der Waals surface area contributed by atoms with Crippen molar-refractivity contribution in [3.63, 3.8) is 0 Å². The number of amides is 1. The van der Waals surface area contributed by atoms with E-state index in [2.05, 4.69) is 36.5 Å². The lowest BCUT2D eigenvalue weighted by atomic mass is 9.73. The van der Waals surface area contributed by atoms with E-state index in [0.29, 0.717) is 29.7 Å². The molecule has 1 N–H and O–H groups in total. The smallest absolute Gasteiger partial charge is 0.225 e. The van der Waals surface area contributed by atoms with Gasteiger partial charge in [0.1, 0.15) is 5.82 Å². The molecule has 1 amide bonds. The molecule has 0 fully saturated rings. The van der Waals surface area contributed by atoms with E-state index in [1.54, 1.807) is 18.2 Å². The molecule has 1 aliphatic heterocycles. The standard InChI is InChI=1S/C23H22FNO2/c1-2-14-7-9-15(10-8-14)16-11-20-23(21(26)12-16)18(13-22(27)25-20)17-5-3-4-6-19(17)24/h3-10,16,18H,2,11-13H2,1H3,(H,25,27). The summed E-state index contributed by atoms with van der Waals surface area (Å²) in [7, 11) is 0. The van der Waals surface area contributed by atoms with Crippen LogP contribution in [0, 0.1) is 5.82 Å². The second-order valence-corrected chi connectivity index (χ2v) is 7.34. The highest BCUT2D eigenvalue weighted by Gasteiger charge is 2.38. The maximum atomic E-state index is 14.3. The minimum absolute atomic E-state index is 0.00840. The average molecular weight is 363 g/mol. The van der Waals surface area contributed by atoms with Gasteiger partial charge in [-0.3, -0.25) is 9.59 Å². The van der Waals surface area contributed by atoms with Crippen LogP contribution in [0.5, 0.6) is 0 Å². The highest BCUT2D eigenvalue weighted by Crippen LogP contribution is 2.43. The van der Waals surface area contributed by atoms with E-state index in [1.165, 1.54) is 11.6 Å². The predicted molar refractivity (Wildman–Crippen MR) is 102 cm³/mol. The number of nitrogens with one attached hydrogen (secondary N) is 1. The molecular formula is C23H22FNO2. The number of ketones is 1. The normalized spacial score (nSPS) is 22.4. The lowest BCUT2D eigenvalue weighted by Gasteiger charge is -2.34. The number of benzene rings is 2. The Balaban J connectivity index is 1.70. The van der Waals surface area contributed by atoms with Crippen LogP contribution < -0.4 is 5.32 Å². The molecule has 2 atom stereocenters. The van der Waals surface area contributed by atoms with Crippen molar-refractivity contribution in [2.75, 3.05) is 0 Å². The van der Waals surface area contributed by atoms with Crippen LogP contribution in [0.2, 0.25) is 0 Å². The van der Waals surface area contributed by atoms with E-state index in [0.717, 1.165) is 12.0 Å². The Morgan fingerprint density at radius 2 is 1.74 bits per heavy atom. The van der Waals surface area contributed by atoms with Gasteiger partial charge in [-0.05, 0) is 41.5 Å². The number of carbonyl (C=O) groups excluding carboxylic acids is 2. The molecule has 138 valence electrons. The van der Waals surface area contributed by atoms with Crippen molar-refractivity contribution >= 4 is 11.7 Å². The molecule has 2 aromatic rings. The van der Waals surface area contributed by atoms with E-state index in [-0.39, 0.29) is 29.8 Å². The Kier molecular flexibility index (Phi) is 4.65. The lowest BCUT2D eigenvalue weighted by Crippen LogP contribution is -2.38. The zero-order valence-corrected chi connectivity index (χ0v) is 15.3. The molecule has 0 bridgehead atoms. The first-order valence-corrected chi connectivity index (χ1v) is 9.46. The maximum Gasteiger partial charge on any atom is 0.225 e. The van der Waals surface area contributed by atoms with Crippen LogP contribution in [0.3, 0.4) is 0 Å². The molecule has 2 unspecified atom stereocenters. The van der Waals surface area contributed by atoms with E-state index in [1.807, 2.05) is 0 Å². The number of allylic oxidation sites excluding steroid dienone is 2. The largest absolute Gasteiger partial charge is 0.329 e. The summed E-state index contributed by atoms with van der Waals surface area (Å²) < 4.78 is 14.3. The lowest BCUT2D eigenvalue weighted by molar-refractivity contribution is -0.122. The summed E-state index contributed by atoms with van der Waals surface area (Å²) in [6.45, 7) is 2.11. The monoisotopic (exact) mass is 363 g/mol. The van der Waals surface area contributed by atoms with Gasteiger partial charge < -0.3 is 5.32 Å². The molecule has 4 rings (SSSR count). The van der Waals surface area contributed by atoms with Gasteiger partial charge in [-0.2, -0.15) is 0 Å². The first kappa shape index (κ1) is 17.7. The molecule has 2 aliphatic rings. The summed E-state index contributed by atoms with van der Waals surface area (Å²) in [5.74, 6) is -0.965. The maximum absolute atomic E-state index is 14.3. The number of aryl methyl sites for hydroxylation is 1. The van der Waals surface area contributed by atoms with Crippen LogP contribution in [0.1, 0.15) is 54.7 Å². The van der Waals surface area contributed by atoms with E-state index in [4.69, 9.17) is 0 Å². The molecule has 2 aromatic carbocycles. The topological polar surface area (TPSA) is 46.2 Å². The summed E-state index contributed by atoms with van der Waals surface area (Å²) >= 11 is 0. The first-order chi connectivity index (χ1) is 13.1. The Hall–Kier alpha value is -2.75. The summed E-state index contributed by atoms with van der Waals surface area (Å²) in [5.41, 5.74) is 4.04. The molecule has 27 heavy (non-hydrogen) atoms. The molecule has 0 saturated carbocycles. The van der Waals surface area contributed by atoms with Crippen LogP contribution in [0.25, 0.3) is 0 Å². The summed E-state index contributed by atoms with van der Waals surface area (Å²) in [6, 6.07) is 14.7. The van der Waals surface area contributed by atoms with Gasteiger partial charge in [0.15, 0.2) is 5.78 Å². The van der Waals surface area contributed by atoms with Crippen molar-refractivity contribution < 1.29 is 14.0 Å². The van der Waals surface area contributed by atoms with Gasteiger partial charge in [-0.25, -0.2) is 4.39 Å². The summed E-state index contributed by atoms with van der Waals surface area (Å²) in [6.07, 6.45) is 2.08. The van der Waals surface area contributed by atoms with Gasteiger partial charge in [0.05, 0.1) is 0 Å². The molecule has 4 heteroatoms. The molecule has 0 spiro atoms. The van der Waals surface area contributed by atoms with Crippen LogP contribution in [0.4, 0.5) is 4.39 Å². The fraction of sp³-hybridized carbons (Fsp3) is 0.304. The fourth-order valence-electron chi connectivity index (χ4n) is 4.24. The van der Waals surface area contributed by atoms with E-state index < -0.39 is 5.92 Å². The second-order valence-electron chi connectivity index (χ2n) is 7.34. The molecule has 3 nitrogen and oxygen atoms in total. The van der Waals surface area contributed by atoms with Crippen LogP contribution in [-0.4, -0.2) is 11.7 Å². The third kappa shape index (κ3) is 3.32. The van der Waals surface area contributed by atoms with Crippen molar-refractivity contribution in [2.45, 2.75) is 44.4 Å². The van der Waals surface area contributed by atoms with Gasteiger partial charge in [-0.15, -0.1) is 0 Å². The van der Waals surface area contributed by atoms with Crippen molar-refractivity contribution in [3.8, 4) is 0 Å². The van der Waals surface area contributed by atoms with Crippen molar-refractivity contribution in [2.24, 2.45) is 0 Å². The van der Waals surface area contributed by atoms with Gasteiger partial charge in [0.2, 0.25) is 5.91 Å². The van der Waals surface area contributed by atoms with Crippen molar-refractivity contribution in [1.29, 1.82) is 0 Å². The molecule has 1 aliphatic carbocycles. The Morgan fingerprint density at radius 3 is 2.44 bits per heavy atom. The highest BCUT2D eigenvalue weighted by molar-refractivity contribution is 6.02. The Labute approximate surface area is 158 Å². The third-order valence-electron chi connectivity index (χ3n) is 5.68. The van der Waals surface area contributed by atoms with Gasteiger partial charge in [0, 0.05) is 30.0 Å². The zero-order chi connectivity index (χ0) is 19.0. The highest BCUT2D eigenvalue weighted by atomic mass is 19.1. The number of carbonyl (C=O) groups is 2. The fourth-order valence-corrected chi connectivity index (χ4v) is 4.24. The van der Waals surface area contributed by atoms with Gasteiger partial charge in [-0.1, -0.05) is 49.4 Å². The predicted octanol–water partition coefficient (Wildman–Crippen LogP) is 4.39. The first-order valence-electron chi connectivity index (χ1n) is 9.46. The van der Waals surface area contributed by atoms with Crippen LogP contribution in [0.15, 0.2) is 59.8 Å². The number of Topliss-reactive ketones (excluding diaryl/α,β-unsaturated/α-hetero) is 1. The Morgan fingerprint density at radius 1 is 1.00 bits per heavy atom. The second kappa shape index (κ2) is 7.10. The third-order valence-corrected chi connectivity index (χ3v) is 5.68. The molecular weight excluding hydrogens is 341 g/mol. The zero-order valence-electron chi connectivity index (χ0n) is 15.3. The van der Waals surface area contributed by atoms with Crippen LogP contribution >= 0.6 is 0 Å². The average Bonchev–Trinajstić information content (AvgIpc) is 2.67. The quantitative estimate of drug-likeness (QED) is 0.879. The number of hydrogen-bond donors (Lipinski definition) is 1. The number of hydrogen-bond acceptors (Lipinski definition) is 2. The van der Waals surface area contributed by atoms with Gasteiger partial charge >= 0.3 is 0 Å². The number of rotatable bonds is 3. The number of halogens is 1. The Bertz CT molecular complexity index is 930. The van der Waals surface area contributed by atoms with Crippen LogP contribution in [-0.2, 0) is 16.0 Å². The summed E-state index contributed by atoms with van der Waals surface area (Å²) in [5, 5.41) is 2.89. The molecule has 1 heterocycles. The van der Waals surface area contributed by atoms with E-state index >= 15 is 0 Å².